The standard InChI is InChI=1S/C19H16N2O5S/c1-10-4-5-11(18(24)25)8-13(10)15-7-6-12(26-15)9-14-16(22)20(2)19(27)21(3)17(14)23/h4-9H,1-3H3,(H,24,25). The Hall–Kier alpha value is -3.26. The molecule has 1 fully saturated rings. The van der Waals surface area contributed by atoms with Crippen molar-refractivity contribution in [1.29, 1.82) is 0 Å². The second kappa shape index (κ2) is 6.81. The molecule has 8 heteroatoms. The molecule has 1 aliphatic heterocycles. The molecule has 1 aromatic carbocycles. The SMILES string of the molecule is Cc1ccc(C(=O)O)cc1-c1ccc(C=C2C(=O)N(C)C(=S)N(C)C2=O)o1. The van der Waals surface area contributed by atoms with Gasteiger partial charge in [0.25, 0.3) is 11.8 Å². The molecule has 0 aliphatic carbocycles. The maximum atomic E-state index is 12.4. The van der Waals surface area contributed by atoms with Crippen LogP contribution >= 0.6 is 12.2 Å². The largest absolute Gasteiger partial charge is 0.478 e. The van der Waals surface area contributed by atoms with Crippen LogP contribution in [0.4, 0.5) is 0 Å². The van der Waals surface area contributed by atoms with Crippen LogP contribution in [-0.4, -0.2) is 51.9 Å². The van der Waals surface area contributed by atoms with Gasteiger partial charge < -0.3 is 9.52 Å². The van der Waals surface area contributed by atoms with E-state index >= 15 is 0 Å². The lowest BCUT2D eigenvalue weighted by Gasteiger charge is -2.31. The molecule has 2 amide bonds. The van der Waals surface area contributed by atoms with Crippen LogP contribution in [0.3, 0.4) is 0 Å². The van der Waals surface area contributed by atoms with Crippen LogP contribution in [0.2, 0.25) is 0 Å². The van der Waals surface area contributed by atoms with Gasteiger partial charge in [-0.15, -0.1) is 0 Å². The number of carboxylic acids is 1. The molecule has 1 saturated heterocycles. The number of nitrogens with zero attached hydrogens (tertiary/aromatic N) is 2. The number of rotatable bonds is 3. The fraction of sp³-hybridized carbons (Fsp3) is 0.158. The van der Waals surface area contributed by atoms with Gasteiger partial charge >= 0.3 is 5.97 Å². The van der Waals surface area contributed by atoms with E-state index in [0.717, 1.165) is 5.56 Å². The highest BCUT2D eigenvalue weighted by atomic mass is 32.1. The molecule has 0 unspecified atom stereocenters. The number of aryl methyl sites for hydroxylation is 1. The lowest BCUT2D eigenvalue weighted by atomic mass is 10.0. The van der Waals surface area contributed by atoms with Gasteiger partial charge in [0.05, 0.1) is 5.56 Å². The van der Waals surface area contributed by atoms with E-state index in [1.807, 2.05) is 6.92 Å². The van der Waals surface area contributed by atoms with Gasteiger partial charge in [-0.3, -0.25) is 19.4 Å². The highest BCUT2D eigenvalue weighted by Crippen LogP contribution is 2.28. The second-order valence-electron chi connectivity index (χ2n) is 6.11. The summed E-state index contributed by atoms with van der Waals surface area (Å²) in [5.74, 6) is -1.31. The summed E-state index contributed by atoms with van der Waals surface area (Å²) in [5, 5.41) is 9.29. The van der Waals surface area contributed by atoms with Crippen LogP contribution in [-0.2, 0) is 9.59 Å². The van der Waals surface area contributed by atoms with Crippen LogP contribution in [0.5, 0.6) is 0 Å². The summed E-state index contributed by atoms with van der Waals surface area (Å²) in [6.07, 6.45) is 1.36. The summed E-state index contributed by atoms with van der Waals surface area (Å²) in [6, 6.07) is 8.00. The van der Waals surface area contributed by atoms with Crippen LogP contribution < -0.4 is 0 Å². The maximum absolute atomic E-state index is 12.4. The molecule has 0 radical (unpaired) electrons. The van der Waals surface area contributed by atoms with Gasteiger partial charge in [0.1, 0.15) is 17.1 Å². The first kappa shape index (κ1) is 18.5. The first-order chi connectivity index (χ1) is 12.7. The zero-order chi connectivity index (χ0) is 19.9. The third-order valence-electron chi connectivity index (χ3n) is 4.31. The number of likely N-dealkylation sites (N-methyl/N-ethyl adjacent to an activating group) is 2. The molecular weight excluding hydrogens is 368 g/mol. The lowest BCUT2D eigenvalue weighted by Crippen LogP contribution is -2.52. The number of benzene rings is 1. The van der Waals surface area contributed by atoms with Crippen LogP contribution in [0, 0.1) is 6.92 Å². The van der Waals surface area contributed by atoms with Crippen molar-refractivity contribution < 1.29 is 23.9 Å². The van der Waals surface area contributed by atoms with Crippen molar-refractivity contribution in [3.05, 3.63) is 52.8 Å². The number of aromatic carboxylic acids is 1. The number of furan rings is 1. The Morgan fingerprint density at radius 3 is 2.33 bits per heavy atom. The molecule has 27 heavy (non-hydrogen) atoms. The number of thiocarbonyl (C=S) groups is 1. The number of carbonyl (C=O) groups is 3. The van der Waals surface area contributed by atoms with Gasteiger partial charge in [-0.1, -0.05) is 6.07 Å². The number of carbonyl (C=O) groups excluding carboxylic acids is 2. The van der Waals surface area contributed by atoms with Crippen molar-refractivity contribution in [3.8, 4) is 11.3 Å². The molecule has 0 atom stereocenters. The molecule has 7 nitrogen and oxygen atoms in total. The minimum absolute atomic E-state index is 0.0643. The average Bonchev–Trinajstić information content (AvgIpc) is 3.10. The van der Waals surface area contributed by atoms with Gasteiger partial charge in [0.15, 0.2) is 5.11 Å². The first-order valence-electron chi connectivity index (χ1n) is 7.96. The van der Waals surface area contributed by atoms with E-state index in [0.29, 0.717) is 17.1 Å². The maximum Gasteiger partial charge on any atom is 0.335 e. The van der Waals surface area contributed by atoms with Crippen LogP contribution in [0.25, 0.3) is 17.4 Å². The van der Waals surface area contributed by atoms with Crippen molar-refractivity contribution in [2.45, 2.75) is 6.92 Å². The zero-order valence-corrected chi connectivity index (χ0v) is 15.7. The van der Waals surface area contributed by atoms with Gasteiger partial charge in [-0.25, -0.2) is 4.79 Å². The monoisotopic (exact) mass is 384 g/mol. The topological polar surface area (TPSA) is 91.1 Å². The third kappa shape index (κ3) is 3.26. The van der Waals surface area contributed by atoms with Gasteiger partial charge in [0.2, 0.25) is 0 Å². The normalized spacial score (nSPS) is 14.8. The Kier molecular flexibility index (Phi) is 4.67. The summed E-state index contributed by atoms with van der Waals surface area (Å²) >= 11 is 5.05. The molecule has 0 bridgehead atoms. The number of hydrogen-bond donors (Lipinski definition) is 1. The predicted octanol–water partition coefficient (Wildman–Crippen LogP) is 2.55. The summed E-state index contributed by atoms with van der Waals surface area (Å²) in [7, 11) is 2.99. The molecular formula is C19H16N2O5S. The Bertz CT molecular complexity index is 995. The molecule has 138 valence electrons. The summed E-state index contributed by atoms with van der Waals surface area (Å²) in [6.45, 7) is 1.83. The molecule has 3 rings (SSSR count). The Morgan fingerprint density at radius 2 is 1.74 bits per heavy atom. The van der Waals surface area contributed by atoms with E-state index in [4.69, 9.17) is 21.7 Å². The van der Waals surface area contributed by atoms with Gasteiger partial charge in [-0.05, 0) is 55.0 Å². The van der Waals surface area contributed by atoms with Crippen molar-refractivity contribution in [1.82, 2.24) is 9.80 Å². The summed E-state index contributed by atoms with van der Waals surface area (Å²) in [5.41, 5.74) is 1.53. The van der Waals surface area contributed by atoms with Crippen LogP contribution in [0.15, 0.2) is 40.3 Å². The minimum Gasteiger partial charge on any atom is -0.478 e. The summed E-state index contributed by atoms with van der Waals surface area (Å²) in [4.78, 5) is 38.3. The van der Waals surface area contributed by atoms with Crippen molar-refractivity contribution in [3.63, 3.8) is 0 Å². The second-order valence-corrected chi connectivity index (χ2v) is 6.47. The summed E-state index contributed by atoms with van der Waals surface area (Å²) < 4.78 is 5.74. The Balaban J connectivity index is 1.99. The minimum atomic E-state index is -1.04. The number of hydrogen-bond acceptors (Lipinski definition) is 5. The fourth-order valence-electron chi connectivity index (χ4n) is 2.71. The average molecular weight is 384 g/mol. The van der Waals surface area contributed by atoms with E-state index in [1.165, 1.54) is 42.1 Å². The van der Waals surface area contributed by atoms with Crippen molar-refractivity contribution in [2.24, 2.45) is 0 Å². The van der Waals surface area contributed by atoms with Gasteiger partial charge in [0, 0.05) is 19.7 Å². The quantitative estimate of drug-likeness (QED) is 0.497. The van der Waals surface area contributed by atoms with Crippen molar-refractivity contribution in [2.75, 3.05) is 14.1 Å². The third-order valence-corrected chi connectivity index (χ3v) is 4.86. The molecule has 0 saturated carbocycles. The van der Waals surface area contributed by atoms with E-state index in [2.05, 4.69) is 0 Å². The lowest BCUT2D eigenvalue weighted by molar-refractivity contribution is -0.132. The Morgan fingerprint density at radius 1 is 1.11 bits per heavy atom. The molecule has 0 spiro atoms. The van der Waals surface area contributed by atoms with E-state index in [1.54, 1.807) is 18.2 Å². The molecule has 2 heterocycles. The zero-order valence-electron chi connectivity index (χ0n) is 14.8. The predicted molar refractivity (Wildman–Crippen MR) is 102 cm³/mol. The van der Waals surface area contributed by atoms with E-state index < -0.39 is 17.8 Å². The molecule has 1 N–H and O–H groups in total. The highest BCUT2D eigenvalue weighted by Gasteiger charge is 2.35. The molecule has 1 aliphatic rings. The Labute approximate surface area is 160 Å². The molecule has 2 aromatic rings. The number of carboxylic acid groups (broad SMARTS) is 1. The van der Waals surface area contributed by atoms with E-state index in [9.17, 15) is 14.4 Å². The fourth-order valence-corrected chi connectivity index (χ4v) is 2.88. The van der Waals surface area contributed by atoms with E-state index in [-0.39, 0.29) is 16.2 Å². The molecule has 1 aromatic heterocycles. The number of amides is 2. The first-order valence-corrected chi connectivity index (χ1v) is 8.37. The smallest absolute Gasteiger partial charge is 0.335 e. The van der Waals surface area contributed by atoms with Crippen molar-refractivity contribution >= 4 is 41.2 Å². The van der Waals surface area contributed by atoms with Crippen LogP contribution in [0.1, 0.15) is 21.7 Å². The van der Waals surface area contributed by atoms with Gasteiger partial charge in [-0.2, -0.15) is 0 Å². The highest BCUT2D eigenvalue weighted by molar-refractivity contribution is 7.80.